The lowest BCUT2D eigenvalue weighted by Gasteiger charge is -2.29. The number of halogens is 2. The lowest BCUT2D eigenvalue weighted by Crippen LogP contribution is -2.49. The molecule has 1 atom stereocenters. The van der Waals surface area contributed by atoms with Gasteiger partial charge in [-0.2, -0.15) is 0 Å². The molecule has 162 valence electrons. The molecule has 30 heavy (non-hydrogen) atoms. The number of carbonyl (C=O) groups excluding carboxylic acids is 2. The SMILES string of the molecule is CCCCNC(=O)[C@@H](C)N(Cc1c(Cl)cccc1Cl)C(=O)COc1ccccc1C. The van der Waals surface area contributed by atoms with E-state index in [1.54, 1.807) is 31.2 Å². The van der Waals surface area contributed by atoms with Crippen LogP contribution in [0.2, 0.25) is 10.0 Å². The minimum absolute atomic E-state index is 0.108. The van der Waals surface area contributed by atoms with Crippen LogP contribution in [0.25, 0.3) is 0 Å². The predicted molar refractivity (Wildman–Crippen MR) is 121 cm³/mol. The first-order valence-corrected chi connectivity index (χ1v) is 10.8. The number of aryl methyl sites for hydroxylation is 1. The Bertz CT molecular complexity index is 853. The molecule has 2 aromatic carbocycles. The first-order valence-electron chi connectivity index (χ1n) is 10.0. The smallest absolute Gasteiger partial charge is 0.261 e. The number of nitrogens with zero attached hydrogens (tertiary/aromatic N) is 1. The van der Waals surface area contributed by atoms with E-state index in [1.165, 1.54) is 4.90 Å². The summed E-state index contributed by atoms with van der Waals surface area (Å²) >= 11 is 12.6. The van der Waals surface area contributed by atoms with Crippen molar-refractivity contribution < 1.29 is 14.3 Å². The van der Waals surface area contributed by atoms with Crippen LogP contribution in [0.15, 0.2) is 42.5 Å². The van der Waals surface area contributed by atoms with Gasteiger partial charge in [0.05, 0.1) is 0 Å². The molecular weight excluding hydrogens is 423 g/mol. The van der Waals surface area contributed by atoms with Crippen LogP contribution in [-0.4, -0.2) is 35.9 Å². The normalized spacial score (nSPS) is 11.6. The quantitative estimate of drug-likeness (QED) is 0.517. The van der Waals surface area contributed by atoms with Crippen molar-refractivity contribution in [1.29, 1.82) is 0 Å². The molecule has 5 nitrogen and oxygen atoms in total. The molecular formula is C23H28Cl2N2O3. The van der Waals surface area contributed by atoms with Gasteiger partial charge in [0, 0.05) is 28.7 Å². The van der Waals surface area contributed by atoms with Crippen LogP contribution in [0.5, 0.6) is 5.75 Å². The second-order valence-electron chi connectivity index (χ2n) is 7.10. The highest BCUT2D eigenvalue weighted by Gasteiger charge is 2.27. The van der Waals surface area contributed by atoms with Crippen molar-refractivity contribution in [2.75, 3.05) is 13.2 Å². The number of para-hydroxylation sites is 1. The Morgan fingerprint density at radius 3 is 2.40 bits per heavy atom. The second kappa shape index (κ2) is 11.8. The van der Waals surface area contributed by atoms with Crippen molar-refractivity contribution in [3.63, 3.8) is 0 Å². The molecule has 0 radical (unpaired) electrons. The molecule has 0 aliphatic heterocycles. The molecule has 7 heteroatoms. The topological polar surface area (TPSA) is 58.6 Å². The molecule has 0 bridgehead atoms. The summed E-state index contributed by atoms with van der Waals surface area (Å²) in [6.07, 6.45) is 1.84. The van der Waals surface area contributed by atoms with E-state index in [-0.39, 0.29) is 25.0 Å². The molecule has 0 fully saturated rings. The van der Waals surface area contributed by atoms with Crippen LogP contribution in [0.4, 0.5) is 0 Å². The molecule has 0 unspecified atom stereocenters. The first-order chi connectivity index (χ1) is 14.3. The fourth-order valence-electron chi connectivity index (χ4n) is 2.91. The number of benzene rings is 2. The zero-order valence-corrected chi connectivity index (χ0v) is 19.1. The molecule has 0 saturated carbocycles. The second-order valence-corrected chi connectivity index (χ2v) is 7.91. The van der Waals surface area contributed by atoms with Gasteiger partial charge in [-0.3, -0.25) is 9.59 Å². The maximum absolute atomic E-state index is 13.1. The van der Waals surface area contributed by atoms with Gasteiger partial charge in [-0.05, 0) is 44.0 Å². The van der Waals surface area contributed by atoms with E-state index in [4.69, 9.17) is 27.9 Å². The third kappa shape index (κ3) is 6.64. The van der Waals surface area contributed by atoms with Gasteiger partial charge in [-0.25, -0.2) is 0 Å². The van der Waals surface area contributed by atoms with E-state index in [0.717, 1.165) is 18.4 Å². The van der Waals surface area contributed by atoms with Crippen molar-refractivity contribution >= 4 is 35.0 Å². The fourth-order valence-corrected chi connectivity index (χ4v) is 3.43. The Hall–Kier alpha value is -2.24. The van der Waals surface area contributed by atoms with Crippen molar-refractivity contribution in [2.45, 2.75) is 46.2 Å². The summed E-state index contributed by atoms with van der Waals surface area (Å²) in [6, 6.07) is 11.9. The Labute approximate surface area is 188 Å². The molecule has 2 amide bonds. The van der Waals surface area contributed by atoms with Crippen molar-refractivity contribution in [2.24, 2.45) is 0 Å². The van der Waals surface area contributed by atoms with Crippen LogP contribution in [-0.2, 0) is 16.1 Å². The predicted octanol–water partition coefficient (Wildman–Crippen LogP) is 5.01. The number of hydrogen-bond acceptors (Lipinski definition) is 3. The molecule has 2 aromatic rings. The van der Waals surface area contributed by atoms with Gasteiger partial charge in [-0.15, -0.1) is 0 Å². The first kappa shape index (κ1) is 24.0. The summed E-state index contributed by atoms with van der Waals surface area (Å²) in [5.41, 5.74) is 1.52. The van der Waals surface area contributed by atoms with Gasteiger partial charge in [0.25, 0.3) is 5.91 Å². The van der Waals surface area contributed by atoms with Gasteiger partial charge in [-0.1, -0.05) is 60.8 Å². The van der Waals surface area contributed by atoms with Crippen LogP contribution >= 0.6 is 23.2 Å². The number of rotatable bonds is 10. The maximum Gasteiger partial charge on any atom is 0.261 e. The Morgan fingerprint density at radius 2 is 1.77 bits per heavy atom. The minimum Gasteiger partial charge on any atom is -0.484 e. The number of amides is 2. The Morgan fingerprint density at radius 1 is 1.10 bits per heavy atom. The van der Waals surface area contributed by atoms with Crippen LogP contribution in [0, 0.1) is 6.92 Å². The number of nitrogens with one attached hydrogen (secondary N) is 1. The number of hydrogen-bond donors (Lipinski definition) is 1. The summed E-state index contributed by atoms with van der Waals surface area (Å²) in [5.74, 6) is 0.0740. The van der Waals surface area contributed by atoms with Gasteiger partial charge in [0.2, 0.25) is 5.91 Å². The van der Waals surface area contributed by atoms with E-state index in [2.05, 4.69) is 5.32 Å². The van der Waals surface area contributed by atoms with E-state index in [0.29, 0.717) is 27.9 Å². The van der Waals surface area contributed by atoms with Gasteiger partial charge >= 0.3 is 0 Å². The molecule has 0 spiro atoms. The zero-order valence-electron chi connectivity index (χ0n) is 17.6. The highest BCUT2D eigenvalue weighted by molar-refractivity contribution is 6.36. The average Bonchev–Trinajstić information content (AvgIpc) is 2.72. The van der Waals surface area contributed by atoms with Crippen molar-refractivity contribution in [3.05, 3.63) is 63.6 Å². The average molecular weight is 451 g/mol. The molecule has 0 aliphatic carbocycles. The molecule has 0 aliphatic rings. The summed E-state index contributed by atoms with van der Waals surface area (Å²) in [5, 5.41) is 3.76. The number of unbranched alkanes of at least 4 members (excludes halogenated alkanes) is 1. The lowest BCUT2D eigenvalue weighted by atomic mass is 10.1. The summed E-state index contributed by atoms with van der Waals surface area (Å²) in [7, 11) is 0. The fraction of sp³-hybridized carbons (Fsp3) is 0.391. The third-order valence-corrected chi connectivity index (χ3v) is 5.54. The van der Waals surface area contributed by atoms with E-state index < -0.39 is 6.04 Å². The summed E-state index contributed by atoms with van der Waals surface area (Å²) < 4.78 is 5.72. The zero-order chi connectivity index (χ0) is 22.1. The van der Waals surface area contributed by atoms with Crippen molar-refractivity contribution in [3.8, 4) is 5.75 Å². The monoisotopic (exact) mass is 450 g/mol. The Kier molecular flexibility index (Phi) is 9.47. The van der Waals surface area contributed by atoms with E-state index in [1.807, 2.05) is 32.0 Å². The standard InChI is InChI=1S/C23H28Cl2N2O3/c1-4-5-13-26-23(29)17(3)27(14-18-19(24)10-8-11-20(18)25)22(28)15-30-21-12-7-6-9-16(21)2/h6-12,17H,4-5,13-15H2,1-3H3,(H,26,29)/t17-/m1/s1. The molecule has 0 aromatic heterocycles. The third-order valence-electron chi connectivity index (χ3n) is 4.83. The number of ether oxygens (including phenoxy) is 1. The van der Waals surface area contributed by atoms with Crippen LogP contribution < -0.4 is 10.1 Å². The van der Waals surface area contributed by atoms with E-state index in [9.17, 15) is 9.59 Å². The molecule has 0 heterocycles. The van der Waals surface area contributed by atoms with Crippen molar-refractivity contribution in [1.82, 2.24) is 10.2 Å². The highest BCUT2D eigenvalue weighted by atomic mass is 35.5. The maximum atomic E-state index is 13.1. The molecule has 0 saturated heterocycles. The number of carbonyl (C=O) groups is 2. The Balaban J connectivity index is 2.19. The molecule has 1 N–H and O–H groups in total. The summed E-state index contributed by atoms with van der Waals surface area (Å²) in [6.45, 7) is 6.13. The lowest BCUT2D eigenvalue weighted by molar-refractivity contribution is -0.142. The largest absolute Gasteiger partial charge is 0.484 e. The van der Waals surface area contributed by atoms with Gasteiger partial charge in [0.15, 0.2) is 6.61 Å². The summed E-state index contributed by atoms with van der Waals surface area (Å²) in [4.78, 5) is 27.2. The van der Waals surface area contributed by atoms with Gasteiger partial charge in [0.1, 0.15) is 11.8 Å². The highest BCUT2D eigenvalue weighted by Crippen LogP contribution is 2.26. The van der Waals surface area contributed by atoms with Crippen LogP contribution in [0.3, 0.4) is 0 Å². The minimum atomic E-state index is -0.706. The van der Waals surface area contributed by atoms with Crippen LogP contribution in [0.1, 0.15) is 37.8 Å². The molecule has 2 rings (SSSR count). The van der Waals surface area contributed by atoms with E-state index >= 15 is 0 Å². The van der Waals surface area contributed by atoms with Gasteiger partial charge < -0.3 is 15.0 Å².